The lowest BCUT2D eigenvalue weighted by molar-refractivity contribution is 0.557. The highest BCUT2D eigenvalue weighted by atomic mass is 32.2. The Morgan fingerprint density at radius 3 is 2.57 bits per heavy atom. The van der Waals surface area contributed by atoms with Crippen LogP contribution in [0.3, 0.4) is 0 Å². The maximum absolute atomic E-state index is 12.6. The van der Waals surface area contributed by atoms with Gasteiger partial charge < -0.3 is 5.32 Å². The van der Waals surface area contributed by atoms with Gasteiger partial charge in [0, 0.05) is 18.3 Å². The Hall–Kier alpha value is -0.560. The highest BCUT2D eigenvalue weighted by Crippen LogP contribution is 2.20. The maximum Gasteiger partial charge on any atom is 0.241 e. The van der Waals surface area contributed by atoms with Gasteiger partial charge in [-0.15, -0.1) is 0 Å². The molecule has 0 radical (unpaired) electrons. The molecule has 0 aliphatic heterocycles. The summed E-state index contributed by atoms with van der Waals surface area (Å²) >= 11 is 1.65. The normalized spacial score (nSPS) is 13.3. The molecule has 4 nitrogen and oxygen atoms in total. The predicted octanol–water partition coefficient (Wildman–Crippen LogP) is 2.52. The van der Waals surface area contributed by atoms with Gasteiger partial charge in [-0.05, 0) is 43.3 Å². The van der Waals surface area contributed by atoms with E-state index in [1.165, 1.54) is 0 Å². The first-order chi connectivity index (χ1) is 9.96. The van der Waals surface area contributed by atoms with E-state index in [-0.39, 0.29) is 6.04 Å². The zero-order valence-corrected chi connectivity index (χ0v) is 14.9. The number of hydrogen-bond donors (Lipinski definition) is 2. The molecule has 0 saturated heterocycles. The van der Waals surface area contributed by atoms with Crippen molar-refractivity contribution in [1.29, 1.82) is 0 Å². The fourth-order valence-corrected chi connectivity index (χ4v) is 4.56. The third kappa shape index (κ3) is 5.29. The molecule has 0 bridgehead atoms. The first kappa shape index (κ1) is 18.5. The zero-order valence-electron chi connectivity index (χ0n) is 13.3. The molecule has 0 fully saturated rings. The van der Waals surface area contributed by atoms with Crippen molar-refractivity contribution in [3.8, 4) is 0 Å². The summed E-state index contributed by atoms with van der Waals surface area (Å²) in [5, 5.41) is 3.24. The van der Waals surface area contributed by atoms with Crippen molar-refractivity contribution in [2.75, 3.05) is 18.6 Å². The fraction of sp³-hybridized carbons (Fsp3) is 0.600. The second kappa shape index (κ2) is 8.78. The van der Waals surface area contributed by atoms with Crippen molar-refractivity contribution in [3.63, 3.8) is 0 Å². The van der Waals surface area contributed by atoms with Gasteiger partial charge in [-0.25, -0.2) is 13.1 Å². The first-order valence-corrected chi connectivity index (χ1v) is 10.1. The van der Waals surface area contributed by atoms with E-state index in [1.807, 2.05) is 39.2 Å². The van der Waals surface area contributed by atoms with Crippen LogP contribution in [-0.4, -0.2) is 33.0 Å². The lowest BCUT2D eigenvalue weighted by Gasteiger charge is -2.18. The van der Waals surface area contributed by atoms with Crippen LogP contribution >= 0.6 is 11.8 Å². The predicted molar refractivity (Wildman–Crippen MR) is 91.3 cm³/mol. The van der Waals surface area contributed by atoms with E-state index in [0.717, 1.165) is 29.8 Å². The molecule has 2 N–H and O–H groups in total. The van der Waals surface area contributed by atoms with Gasteiger partial charge in [-0.1, -0.05) is 26.0 Å². The molecular formula is C15H26N2O2S2. The van der Waals surface area contributed by atoms with Crippen LogP contribution < -0.4 is 10.0 Å². The molecule has 0 aliphatic rings. The van der Waals surface area contributed by atoms with Gasteiger partial charge in [0.15, 0.2) is 0 Å². The van der Waals surface area contributed by atoms with E-state index in [1.54, 1.807) is 17.8 Å². The molecule has 0 aliphatic carbocycles. The summed E-state index contributed by atoms with van der Waals surface area (Å²) in [5.74, 6) is 0.784. The lowest BCUT2D eigenvalue weighted by Crippen LogP contribution is -2.36. The Bertz CT molecular complexity index is 545. The molecule has 21 heavy (non-hydrogen) atoms. The molecule has 0 spiro atoms. The topological polar surface area (TPSA) is 58.2 Å². The molecule has 0 saturated carbocycles. The SMILES string of the molecule is CCNCc1cccc(S(=O)(=O)NC(CC)CSC)c1C. The molecule has 1 aromatic carbocycles. The number of benzene rings is 1. The summed E-state index contributed by atoms with van der Waals surface area (Å²) in [5.41, 5.74) is 1.85. The smallest absolute Gasteiger partial charge is 0.241 e. The number of rotatable bonds is 9. The summed E-state index contributed by atoms with van der Waals surface area (Å²) in [6, 6.07) is 5.43. The third-order valence-corrected chi connectivity index (χ3v) is 5.83. The van der Waals surface area contributed by atoms with Crippen molar-refractivity contribution < 1.29 is 8.42 Å². The van der Waals surface area contributed by atoms with E-state index in [2.05, 4.69) is 10.0 Å². The minimum atomic E-state index is -3.46. The minimum absolute atomic E-state index is 0.0261. The van der Waals surface area contributed by atoms with E-state index in [9.17, 15) is 8.42 Å². The van der Waals surface area contributed by atoms with Crippen LogP contribution in [0.1, 0.15) is 31.4 Å². The Kier molecular flexibility index (Phi) is 7.73. The summed E-state index contributed by atoms with van der Waals surface area (Å²) in [4.78, 5) is 0.387. The second-order valence-electron chi connectivity index (χ2n) is 5.00. The molecule has 1 rings (SSSR count). The summed E-state index contributed by atoms with van der Waals surface area (Å²) in [6.07, 6.45) is 2.77. The third-order valence-electron chi connectivity index (χ3n) is 3.43. The molecule has 1 aromatic rings. The highest BCUT2D eigenvalue weighted by molar-refractivity contribution is 7.98. The van der Waals surface area contributed by atoms with Crippen molar-refractivity contribution >= 4 is 21.8 Å². The number of hydrogen-bond acceptors (Lipinski definition) is 4. The van der Waals surface area contributed by atoms with E-state index in [0.29, 0.717) is 11.4 Å². The van der Waals surface area contributed by atoms with Gasteiger partial charge in [-0.3, -0.25) is 0 Å². The number of nitrogens with one attached hydrogen (secondary N) is 2. The van der Waals surface area contributed by atoms with E-state index < -0.39 is 10.0 Å². The fourth-order valence-electron chi connectivity index (χ4n) is 2.12. The molecule has 0 aromatic heterocycles. The molecule has 6 heteroatoms. The molecule has 0 amide bonds. The lowest BCUT2D eigenvalue weighted by atomic mass is 10.1. The summed E-state index contributed by atoms with van der Waals surface area (Å²) in [7, 11) is -3.46. The van der Waals surface area contributed by atoms with Crippen LogP contribution in [0.25, 0.3) is 0 Å². The van der Waals surface area contributed by atoms with Gasteiger partial charge in [0.1, 0.15) is 0 Å². The Morgan fingerprint density at radius 1 is 1.29 bits per heavy atom. The van der Waals surface area contributed by atoms with E-state index >= 15 is 0 Å². The minimum Gasteiger partial charge on any atom is -0.313 e. The molecule has 1 unspecified atom stereocenters. The quantitative estimate of drug-likeness (QED) is 0.730. The van der Waals surface area contributed by atoms with Gasteiger partial charge in [-0.2, -0.15) is 11.8 Å². The first-order valence-electron chi connectivity index (χ1n) is 7.26. The van der Waals surface area contributed by atoms with Gasteiger partial charge >= 0.3 is 0 Å². The van der Waals surface area contributed by atoms with Crippen LogP contribution in [0, 0.1) is 6.92 Å². The largest absolute Gasteiger partial charge is 0.313 e. The van der Waals surface area contributed by atoms with Gasteiger partial charge in [0.05, 0.1) is 4.90 Å². The summed E-state index contributed by atoms with van der Waals surface area (Å²) in [6.45, 7) is 7.45. The van der Waals surface area contributed by atoms with Crippen molar-refractivity contribution in [2.24, 2.45) is 0 Å². The van der Waals surface area contributed by atoms with Crippen molar-refractivity contribution in [3.05, 3.63) is 29.3 Å². The average molecular weight is 331 g/mol. The van der Waals surface area contributed by atoms with Crippen LogP contribution in [0.2, 0.25) is 0 Å². The van der Waals surface area contributed by atoms with Crippen molar-refractivity contribution in [2.45, 2.75) is 44.7 Å². The monoisotopic (exact) mass is 330 g/mol. The Morgan fingerprint density at radius 2 is 2.00 bits per heavy atom. The Labute approximate surface area is 133 Å². The van der Waals surface area contributed by atoms with Crippen LogP contribution in [0.15, 0.2) is 23.1 Å². The van der Waals surface area contributed by atoms with Crippen molar-refractivity contribution in [1.82, 2.24) is 10.0 Å². The van der Waals surface area contributed by atoms with E-state index in [4.69, 9.17) is 0 Å². The molecule has 1 atom stereocenters. The van der Waals surface area contributed by atoms with Gasteiger partial charge in [0.25, 0.3) is 0 Å². The van der Waals surface area contributed by atoms with Crippen LogP contribution in [-0.2, 0) is 16.6 Å². The highest BCUT2D eigenvalue weighted by Gasteiger charge is 2.21. The average Bonchev–Trinajstić information content (AvgIpc) is 2.45. The molecule has 0 heterocycles. The standard InChI is InChI=1S/C15H26N2O2S2/c1-5-14(11-20-4)17-21(18,19)15-9-7-8-13(12(15)3)10-16-6-2/h7-9,14,16-17H,5-6,10-11H2,1-4H3. The zero-order chi connectivity index (χ0) is 15.9. The summed E-state index contributed by atoms with van der Waals surface area (Å²) < 4.78 is 28.0. The maximum atomic E-state index is 12.6. The Balaban J connectivity index is 3.02. The van der Waals surface area contributed by atoms with Gasteiger partial charge in [0.2, 0.25) is 10.0 Å². The number of thioether (sulfide) groups is 1. The van der Waals surface area contributed by atoms with Crippen LogP contribution in [0.5, 0.6) is 0 Å². The van der Waals surface area contributed by atoms with Crippen LogP contribution in [0.4, 0.5) is 0 Å². The molecular weight excluding hydrogens is 304 g/mol. The number of sulfonamides is 1. The second-order valence-corrected chi connectivity index (χ2v) is 7.60. The molecule has 120 valence electrons.